The van der Waals surface area contributed by atoms with Crippen molar-refractivity contribution in [3.63, 3.8) is 0 Å². The molecule has 0 atom stereocenters. The lowest BCUT2D eigenvalue weighted by atomic mass is 10.1. The van der Waals surface area contributed by atoms with E-state index in [1.165, 1.54) is 0 Å². The molecule has 0 aliphatic carbocycles. The van der Waals surface area contributed by atoms with Gasteiger partial charge in [0, 0.05) is 57.5 Å². The van der Waals surface area contributed by atoms with Crippen molar-refractivity contribution in [2.45, 2.75) is 6.92 Å². The van der Waals surface area contributed by atoms with Crippen molar-refractivity contribution in [2.24, 2.45) is 0 Å². The lowest BCUT2D eigenvalue weighted by Gasteiger charge is -2.12. The standard InChI is InChI=1S/C29H22N6O/c1-19-16-25(12-14-31-19)33-23-4-3-5-24(17-23)35-29(36)20-6-8-21(9-7-20)34-28-13-15-32-27-11-10-22(30-2)18-26(27)28/h3-18H,1H3,(H,31,33)(H,32,34)(H,35,36). The first-order valence-corrected chi connectivity index (χ1v) is 11.3. The summed E-state index contributed by atoms with van der Waals surface area (Å²) < 4.78 is 0. The first-order valence-electron chi connectivity index (χ1n) is 11.3. The number of carbonyl (C=O) groups excluding carboxylic acids is 1. The Morgan fingerprint density at radius 2 is 1.56 bits per heavy atom. The number of hydrogen-bond donors (Lipinski definition) is 3. The predicted octanol–water partition coefficient (Wildman–Crippen LogP) is 7.23. The Bertz CT molecular complexity index is 1610. The first-order chi connectivity index (χ1) is 17.6. The molecule has 174 valence electrons. The second-order valence-electron chi connectivity index (χ2n) is 8.22. The van der Waals surface area contributed by atoms with E-state index in [0.717, 1.165) is 39.3 Å². The lowest BCUT2D eigenvalue weighted by molar-refractivity contribution is 0.102. The van der Waals surface area contributed by atoms with Crippen LogP contribution in [-0.2, 0) is 0 Å². The Morgan fingerprint density at radius 1 is 0.778 bits per heavy atom. The van der Waals surface area contributed by atoms with Gasteiger partial charge in [-0.05, 0) is 79.7 Å². The fraction of sp³-hybridized carbons (Fsp3) is 0.0345. The fourth-order valence-electron chi connectivity index (χ4n) is 3.84. The predicted molar refractivity (Wildman–Crippen MR) is 144 cm³/mol. The van der Waals surface area contributed by atoms with E-state index in [0.29, 0.717) is 16.9 Å². The smallest absolute Gasteiger partial charge is 0.255 e. The number of rotatable bonds is 6. The molecule has 0 aliphatic heterocycles. The normalized spacial score (nSPS) is 10.4. The molecule has 3 N–H and O–H groups in total. The van der Waals surface area contributed by atoms with Crippen LogP contribution in [0.4, 0.5) is 34.1 Å². The van der Waals surface area contributed by atoms with Gasteiger partial charge < -0.3 is 16.0 Å². The van der Waals surface area contributed by atoms with Crippen molar-refractivity contribution in [1.29, 1.82) is 0 Å². The minimum absolute atomic E-state index is 0.200. The molecule has 7 heteroatoms. The van der Waals surface area contributed by atoms with E-state index in [1.54, 1.807) is 30.6 Å². The van der Waals surface area contributed by atoms with Crippen LogP contribution in [0.25, 0.3) is 15.7 Å². The second kappa shape index (κ2) is 9.95. The number of anilines is 5. The Hall–Kier alpha value is -5.22. The number of amides is 1. The maximum absolute atomic E-state index is 12.8. The zero-order chi connectivity index (χ0) is 24.9. The Morgan fingerprint density at radius 3 is 2.36 bits per heavy atom. The monoisotopic (exact) mass is 470 g/mol. The maximum Gasteiger partial charge on any atom is 0.255 e. The number of carbonyl (C=O) groups is 1. The molecular weight excluding hydrogens is 448 g/mol. The molecule has 7 nitrogen and oxygen atoms in total. The molecule has 1 amide bonds. The van der Waals surface area contributed by atoms with Gasteiger partial charge in [-0.1, -0.05) is 12.1 Å². The summed E-state index contributed by atoms with van der Waals surface area (Å²) in [6.07, 6.45) is 3.48. The van der Waals surface area contributed by atoms with Crippen LogP contribution in [0.15, 0.2) is 97.3 Å². The van der Waals surface area contributed by atoms with Crippen molar-refractivity contribution >= 4 is 50.9 Å². The molecule has 2 heterocycles. The average Bonchev–Trinajstić information content (AvgIpc) is 2.89. The highest BCUT2D eigenvalue weighted by Gasteiger charge is 2.08. The summed E-state index contributed by atoms with van der Waals surface area (Å²) >= 11 is 0. The molecule has 2 aromatic heterocycles. The van der Waals surface area contributed by atoms with E-state index in [9.17, 15) is 4.79 Å². The highest BCUT2D eigenvalue weighted by Crippen LogP contribution is 2.29. The molecule has 0 saturated carbocycles. The zero-order valence-corrected chi connectivity index (χ0v) is 19.5. The minimum atomic E-state index is -0.200. The van der Waals surface area contributed by atoms with Crippen molar-refractivity contribution in [2.75, 3.05) is 16.0 Å². The van der Waals surface area contributed by atoms with Gasteiger partial charge in [-0.15, -0.1) is 0 Å². The van der Waals surface area contributed by atoms with Crippen molar-refractivity contribution in [3.8, 4) is 0 Å². The van der Waals surface area contributed by atoms with Gasteiger partial charge in [0.1, 0.15) is 0 Å². The van der Waals surface area contributed by atoms with Crippen LogP contribution in [0.3, 0.4) is 0 Å². The molecule has 0 fully saturated rings. The average molecular weight is 471 g/mol. The van der Waals surface area contributed by atoms with Crippen LogP contribution in [0, 0.1) is 13.5 Å². The topological polar surface area (TPSA) is 83.3 Å². The van der Waals surface area contributed by atoms with Gasteiger partial charge in [0.15, 0.2) is 5.69 Å². The Kier molecular flexibility index (Phi) is 6.24. The van der Waals surface area contributed by atoms with Crippen LogP contribution < -0.4 is 16.0 Å². The lowest BCUT2D eigenvalue weighted by Crippen LogP contribution is -2.11. The summed E-state index contributed by atoms with van der Waals surface area (Å²) in [7, 11) is 0. The van der Waals surface area contributed by atoms with Gasteiger partial charge in [0.2, 0.25) is 0 Å². The first kappa shape index (κ1) is 22.6. The summed E-state index contributed by atoms with van der Waals surface area (Å²) in [4.78, 5) is 24.9. The Balaban J connectivity index is 1.28. The number of pyridine rings is 2. The molecule has 5 rings (SSSR count). The van der Waals surface area contributed by atoms with Crippen LogP contribution in [0.2, 0.25) is 0 Å². The number of fused-ring (bicyclic) bond motifs is 1. The van der Waals surface area contributed by atoms with E-state index in [-0.39, 0.29) is 5.91 Å². The summed E-state index contributed by atoms with van der Waals surface area (Å²) in [5.41, 5.74) is 6.98. The molecule has 0 aliphatic rings. The van der Waals surface area contributed by atoms with Gasteiger partial charge in [-0.25, -0.2) is 4.85 Å². The van der Waals surface area contributed by atoms with Crippen molar-refractivity contribution in [3.05, 3.63) is 120 Å². The molecular formula is C29H22N6O. The van der Waals surface area contributed by atoms with E-state index in [1.807, 2.05) is 73.7 Å². The molecule has 5 aromatic rings. The van der Waals surface area contributed by atoms with E-state index in [2.05, 4.69) is 30.8 Å². The quantitative estimate of drug-likeness (QED) is 0.228. The number of benzene rings is 3. The highest BCUT2D eigenvalue weighted by atomic mass is 16.1. The van der Waals surface area contributed by atoms with E-state index < -0.39 is 0 Å². The van der Waals surface area contributed by atoms with Gasteiger partial charge in [-0.3, -0.25) is 14.8 Å². The third-order valence-electron chi connectivity index (χ3n) is 5.59. The molecule has 0 radical (unpaired) electrons. The van der Waals surface area contributed by atoms with Crippen molar-refractivity contribution in [1.82, 2.24) is 9.97 Å². The summed E-state index contributed by atoms with van der Waals surface area (Å²) in [5.74, 6) is -0.200. The summed E-state index contributed by atoms with van der Waals surface area (Å²) in [6, 6.07) is 25.9. The number of hydrogen-bond acceptors (Lipinski definition) is 5. The van der Waals surface area contributed by atoms with Gasteiger partial charge >= 0.3 is 0 Å². The van der Waals surface area contributed by atoms with Crippen LogP contribution in [0.1, 0.15) is 16.1 Å². The number of aryl methyl sites for hydroxylation is 1. The van der Waals surface area contributed by atoms with Crippen LogP contribution in [-0.4, -0.2) is 15.9 Å². The maximum atomic E-state index is 12.8. The SMILES string of the molecule is [C-]#[N+]c1ccc2nccc(Nc3ccc(C(=O)Nc4cccc(Nc5ccnc(C)c5)c4)cc3)c2c1. The van der Waals surface area contributed by atoms with E-state index >= 15 is 0 Å². The number of aromatic nitrogens is 2. The summed E-state index contributed by atoms with van der Waals surface area (Å²) in [5, 5.41) is 10.5. The summed E-state index contributed by atoms with van der Waals surface area (Å²) in [6.45, 7) is 9.20. The largest absolute Gasteiger partial charge is 0.355 e. The second-order valence-corrected chi connectivity index (χ2v) is 8.22. The van der Waals surface area contributed by atoms with Crippen molar-refractivity contribution < 1.29 is 4.79 Å². The van der Waals surface area contributed by atoms with Gasteiger partial charge in [0.25, 0.3) is 5.91 Å². The molecule has 0 spiro atoms. The number of nitrogens with zero attached hydrogens (tertiary/aromatic N) is 3. The Labute approximate surface area is 208 Å². The highest BCUT2D eigenvalue weighted by molar-refractivity contribution is 6.04. The molecule has 36 heavy (non-hydrogen) atoms. The zero-order valence-electron chi connectivity index (χ0n) is 19.5. The molecule has 3 aromatic carbocycles. The fourth-order valence-corrected chi connectivity index (χ4v) is 3.84. The third kappa shape index (κ3) is 5.13. The third-order valence-corrected chi connectivity index (χ3v) is 5.59. The van der Waals surface area contributed by atoms with Crippen LogP contribution >= 0.6 is 0 Å². The number of nitrogens with one attached hydrogen (secondary N) is 3. The van der Waals surface area contributed by atoms with Gasteiger partial charge in [-0.2, -0.15) is 0 Å². The van der Waals surface area contributed by atoms with Gasteiger partial charge in [0.05, 0.1) is 12.1 Å². The van der Waals surface area contributed by atoms with E-state index in [4.69, 9.17) is 6.57 Å². The molecule has 0 unspecified atom stereocenters. The molecule has 0 saturated heterocycles. The van der Waals surface area contributed by atoms with Crippen LogP contribution in [0.5, 0.6) is 0 Å². The minimum Gasteiger partial charge on any atom is -0.355 e. The molecule has 0 bridgehead atoms.